The van der Waals surface area contributed by atoms with Crippen LogP contribution in [0.2, 0.25) is 0 Å². The standard InChI is InChI=1S/C12H16N4O3/c1-9(17)15-3-5-16(6-4-15)11-8-13-7-10(14-11)12(18)19-2/h7-8H,3-6H2,1-2H3. The van der Waals surface area contributed by atoms with Crippen LogP contribution >= 0.6 is 0 Å². The summed E-state index contributed by atoms with van der Waals surface area (Å²) in [6.07, 6.45) is 2.98. The van der Waals surface area contributed by atoms with Gasteiger partial charge in [0.25, 0.3) is 0 Å². The van der Waals surface area contributed by atoms with Crippen molar-refractivity contribution < 1.29 is 14.3 Å². The normalized spacial score (nSPS) is 15.3. The third-order valence-corrected chi connectivity index (χ3v) is 3.07. The molecule has 2 heterocycles. The SMILES string of the molecule is COC(=O)c1cncc(N2CCN(C(C)=O)CC2)n1. The Morgan fingerprint density at radius 3 is 2.47 bits per heavy atom. The van der Waals surface area contributed by atoms with Crippen LogP contribution in [-0.2, 0) is 9.53 Å². The Hall–Kier alpha value is -2.18. The average molecular weight is 264 g/mol. The molecule has 0 aromatic carbocycles. The zero-order chi connectivity index (χ0) is 13.8. The fourth-order valence-corrected chi connectivity index (χ4v) is 1.96. The highest BCUT2D eigenvalue weighted by Crippen LogP contribution is 2.13. The van der Waals surface area contributed by atoms with E-state index < -0.39 is 5.97 Å². The number of nitrogens with zero attached hydrogens (tertiary/aromatic N) is 4. The van der Waals surface area contributed by atoms with Gasteiger partial charge in [0.1, 0.15) is 5.82 Å². The van der Waals surface area contributed by atoms with Crippen LogP contribution in [0.5, 0.6) is 0 Å². The molecule has 1 fully saturated rings. The van der Waals surface area contributed by atoms with E-state index in [1.165, 1.54) is 13.3 Å². The van der Waals surface area contributed by atoms with Crippen LogP contribution in [-0.4, -0.2) is 60.0 Å². The van der Waals surface area contributed by atoms with Crippen LogP contribution in [0, 0.1) is 0 Å². The number of ether oxygens (including phenoxy) is 1. The minimum atomic E-state index is -0.503. The fourth-order valence-electron chi connectivity index (χ4n) is 1.96. The van der Waals surface area contributed by atoms with E-state index in [2.05, 4.69) is 14.7 Å². The molecule has 1 aliphatic rings. The predicted molar refractivity (Wildman–Crippen MR) is 67.8 cm³/mol. The molecular weight excluding hydrogens is 248 g/mol. The number of hydrogen-bond donors (Lipinski definition) is 0. The number of carbonyl (C=O) groups excluding carboxylic acids is 2. The smallest absolute Gasteiger partial charge is 0.358 e. The van der Waals surface area contributed by atoms with Crippen LogP contribution in [0.4, 0.5) is 5.82 Å². The maximum Gasteiger partial charge on any atom is 0.358 e. The fraction of sp³-hybridized carbons (Fsp3) is 0.500. The molecule has 1 amide bonds. The van der Waals surface area contributed by atoms with Crippen LogP contribution in [0.25, 0.3) is 0 Å². The molecule has 0 bridgehead atoms. The molecule has 0 aliphatic carbocycles. The Labute approximate surface area is 111 Å². The van der Waals surface area contributed by atoms with E-state index in [9.17, 15) is 9.59 Å². The van der Waals surface area contributed by atoms with E-state index in [1.54, 1.807) is 18.0 Å². The van der Waals surface area contributed by atoms with Crippen molar-refractivity contribution in [1.29, 1.82) is 0 Å². The van der Waals surface area contributed by atoms with Gasteiger partial charge in [0, 0.05) is 33.1 Å². The van der Waals surface area contributed by atoms with Crippen LogP contribution in [0.3, 0.4) is 0 Å². The summed E-state index contributed by atoms with van der Waals surface area (Å²) in [7, 11) is 1.31. The van der Waals surface area contributed by atoms with E-state index in [1.807, 2.05) is 4.90 Å². The van der Waals surface area contributed by atoms with Crippen molar-refractivity contribution in [3.05, 3.63) is 18.1 Å². The van der Waals surface area contributed by atoms with Crippen LogP contribution in [0.1, 0.15) is 17.4 Å². The monoisotopic (exact) mass is 264 g/mol. The van der Waals surface area contributed by atoms with Crippen molar-refractivity contribution in [3.63, 3.8) is 0 Å². The minimum Gasteiger partial charge on any atom is -0.464 e. The topological polar surface area (TPSA) is 75.6 Å². The van der Waals surface area contributed by atoms with Gasteiger partial charge in [-0.25, -0.2) is 9.78 Å². The number of piperazine rings is 1. The van der Waals surface area contributed by atoms with Crippen LogP contribution in [0.15, 0.2) is 12.4 Å². The van der Waals surface area contributed by atoms with E-state index in [4.69, 9.17) is 0 Å². The second-order valence-corrected chi connectivity index (χ2v) is 4.25. The highest BCUT2D eigenvalue weighted by Gasteiger charge is 2.20. The number of methoxy groups -OCH3 is 1. The highest BCUT2D eigenvalue weighted by atomic mass is 16.5. The molecule has 1 saturated heterocycles. The number of carbonyl (C=O) groups is 2. The molecule has 0 spiro atoms. The highest BCUT2D eigenvalue weighted by molar-refractivity contribution is 5.87. The molecule has 2 rings (SSSR count). The number of rotatable bonds is 2. The van der Waals surface area contributed by atoms with Gasteiger partial charge in [0.2, 0.25) is 5.91 Å². The number of amides is 1. The molecule has 1 aliphatic heterocycles. The lowest BCUT2D eigenvalue weighted by molar-refractivity contribution is -0.129. The van der Waals surface area contributed by atoms with Crippen molar-refractivity contribution in [2.75, 3.05) is 38.2 Å². The first kappa shape index (κ1) is 13.3. The van der Waals surface area contributed by atoms with E-state index in [-0.39, 0.29) is 11.6 Å². The molecule has 0 radical (unpaired) electrons. The Morgan fingerprint density at radius 1 is 1.21 bits per heavy atom. The quantitative estimate of drug-likeness (QED) is 0.696. The second-order valence-electron chi connectivity index (χ2n) is 4.25. The molecule has 102 valence electrons. The molecular formula is C12H16N4O3. The third-order valence-electron chi connectivity index (χ3n) is 3.07. The number of anilines is 1. The summed E-state index contributed by atoms with van der Waals surface area (Å²) in [5.41, 5.74) is 0.189. The summed E-state index contributed by atoms with van der Waals surface area (Å²) in [4.78, 5) is 34.6. The summed E-state index contributed by atoms with van der Waals surface area (Å²) in [5, 5.41) is 0. The largest absolute Gasteiger partial charge is 0.464 e. The van der Waals surface area contributed by atoms with Crippen molar-refractivity contribution >= 4 is 17.7 Å². The molecule has 7 heteroatoms. The summed E-state index contributed by atoms with van der Waals surface area (Å²) < 4.78 is 4.61. The lowest BCUT2D eigenvalue weighted by Crippen LogP contribution is -2.48. The first-order valence-electron chi connectivity index (χ1n) is 6.02. The van der Waals surface area contributed by atoms with Gasteiger partial charge in [-0.05, 0) is 0 Å². The Bertz CT molecular complexity index is 484. The minimum absolute atomic E-state index is 0.0778. The van der Waals surface area contributed by atoms with Crippen molar-refractivity contribution in [2.24, 2.45) is 0 Å². The molecule has 0 saturated carbocycles. The summed E-state index contributed by atoms with van der Waals surface area (Å²) in [6, 6.07) is 0. The maximum atomic E-state index is 11.4. The van der Waals surface area contributed by atoms with Gasteiger partial charge in [-0.1, -0.05) is 0 Å². The molecule has 7 nitrogen and oxygen atoms in total. The summed E-state index contributed by atoms with van der Waals surface area (Å²) >= 11 is 0. The van der Waals surface area contributed by atoms with Gasteiger partial charge in [-0.2, -0.15) is 0 Å². The number of esters is 1. The van der Waals surface area contributed by atoms with Gasteiger partial charge in [-0.15, -0.1) is 0 Å². The third kappa shape index (κ3) is 2.98. The van der Waals surface area contributed by atoms with Gasteiger partial charge in [-0.3, -0.25) is 9.78 Å². The van der Waals surface area contributed by atoms with Crippen LogP contribution < -0.4 is 4.90 Å². The van der Waals surface area contributed by atoms with Crippen molar-refractivity contribution in [2.45, 2.75) is 6.92 Å². The zero-order valence-electron chi connectivity index (χ0n) is 11.0. The molecule has 19 heavy (non-hydrogen) atoms. The number of aromatic nitrogens is 2. The average Bonchev–Trinajstić information content (AvgIpc) is 2.46. The van der Waals surface area contributed by atoms with Gasteiger partial charge >= 0.3 is 5.97 Å². The molecule has 0 unspecified atom stereocenters. The lowest BCUT2D eigenvalue weighted by atomic mass is 10.3. The molecule has 1 aromatic heterocycles. The van der Waals surface area contributed by atoms with Crippen molar-refractivity contribution in [3.8, 4) is 0 Å². The Balaban J connectivity index is 2.07. The molecule has 0 N–H and O–H groups in total. The van der Waals surface area contributed by atoms with Gasteiger partial charge < -0.3 is 14.5 Å². The van der Waals surface area contributed by atoms with Gasteiger partial charge in [0.05, 0.1) is 19.5 Å². The second kappa shape index (κ2) is 5.64. The summed E-state index contributed by atoms with van der Waals surface area (Å²) in [5.74, 6) is 0.205. The Kier molecular flexibility index (Phi) is 3.94. The predicted octanol–water partition coefficient (Wildman–Crippen LogP) is -0.0683. The van der Waals surface area contributed by atoms with Crippen molar-refractivity contribution in [1.82, 2.24) is 14.9 Å². The van der Waals surface area contributed by atoms with E-state index >= 15 is 0 Å². The lowest BCUT2D eigenvalue weighted by Gasteiger charge is -2.34. The first-order valence-corrected chi connectivity index (χ1v) is 6.02. The molecule has 1 aromatic rings. The van der Waals surface area contributed by atoms with E-state index in [0.29, 0.717) is 32.0 Å². The van der Waals surface area contributed by atoms with Gasteiger partial charge in [0.15, 0.2) is 5.69 Å². The van der Waals surface area contributed by atoms with E-state index in [0.717, 1.165) is 0 Å². The number of hydrogen-bond acceptors (Lipinski definition) is 6. The Morgan fingerprint density at radius 2 is 1.89 bits per heavy atom. The zero-order valence-corrected chi connectivity index (χ0v) is 11.0. The first-order chi connectivity index (χ1) is 9.11. The maximum absolute atomic E-state index is 11.4. The summed E-state index contributed by atoms with van der Waals surface area (Å²) in [6.45, 7) is 4.23. The molecule has 0 atom stereocenters.